The van der Waals surface area contributed by atoms with E-state index in [1.165, 1.54) is 39.5 Å². The number of pyridine rings is 2. The molecule has 0 radical (unpaired) electrons. The number of hydrogen-bond donors (Lipinski definition) is 0. The molecular weight excluding hydrogens is 1560 g/mol. The minimum atomic E-state index is -0.397. The standard InChI is InChI=1S/C14H18N2.C13H20N2O2.C12H21N3O.C11H18N2O.C9H15NO.C8H10FN.C8H16N4.C8H11N.C7H13N3.C6H9NS/c1-14(2,3)13-9-15-16(11-13)10-12-7-5-4-6-8-12;1-10(15-5-7-16-8-6-15)11-9-12(17-14-11)13(2,3)4;1-11(2)12-9-13-15(10-12)4-3-14-5-7-16-8-6-14;1-8(13(5)6)9-7-10(14-12-9)11(2,3)4;1-5-7-6-8(11-10-7)9(2,3)4;1-6(2)7-3-4-10-8(9)5-7;1-7(2)12-6-9-8(10-12)5-11(3)4;1-7(2)8-4-3-5-9-6-8;1-5(2)7-6(3)8-10(4)9-7;1-5(2)6-7-3-4-8-6/h4-9,11H,10H2,1-3H3;9H,1,5-8H2,2-4H3;9-11H,3-8H2,1-2H3;7H,1H2,2-6H3;6H,5H2,1-4H3;3-6H,1-2H3;6-7H,5H2,1-4H3;3-7H,1-2H3;5H,1-4H3;3-5H,1-2H3. The van der Waals surface area contributed by atoms with Crippen LogP contribution in [-0.2, 0) is 64.2 Å². The molecule has 2 fully saturated rings. The lowest BCUT2D eigenvalue weighted by molar-refractivity contribution is 0.0359. The van der Waals surface area contributed by atoms with Crippen molar-refractivity contribution >= 4 is 22.7 Å². The molecular formula is C96H151FN20O5S. The second-order valence-electron chi connectivity index (χ2n) is 37.0. The van der Waals surface area contributed by atoms with Gasteiger partial charge >= 0.3 is 0 Å². The first-order chi connectivity index (χ1) is 57.7. The molecule has 2 aliphatic rings. The predicted molar refractivity (Wildman–Crippen MR) is 500 cm³/mol. The number of rotatable bonds is 18. The Hall–Kier alpha value is -9.67. The summed E-state index contributed by atoms with van der Waals surface area (Å²) < 4.78 is 44.8. The average Bonchev–Trinajstić information content (AvgIpc) is 1.69. The molecule has 1 aromatic carbocycles. The number of morpholine rings is 2. The lowest BCUT2D eigenvalue weighted by Gasteiger charge is -2.29. The lowest BCUT2D eigenvalue weighted by atomic mass is 9.90. The zero-order valence-electron chi connectivity index (χ0n) is 80.5. The van der Waals surface area contributed by atoms with E-state index >= 15 is 0 Å². The summed E-state index contributed by atoms with van der Waals surface area (Å²) in [4.78, 5) is 26.0. The summed E-state index contributed by atoms with van der Waals surface area (Å²) in [5, 5.41) is 36.7. The first-order valence-electron chi connectivity index (χ1n) is 43.2. The minimum absolute atomic E-state index is 0.00214. The van der Waals surface area contributed by atoms with Crippen LogP contribution in [-0.4, -0.2) is 187 Å². The van der Waals surface area contributed by atoms with Crippen molar-refractivity contribution in [3.63, 3.8) is 0 Å². The van der Waals surface area contributed by atoms with Crippen molar-refractivity contribution in [3.05, 3.63) is 238 Å². The van der Waals surface area contributed by atoms with E-state index < -0.39 is 5.95 Å². The van der Waals surface area contributed by atoms with Crippen LogP contribution < -0.4 is 0 Å². The summed E-state index contributed by atoms with van der Waals surface area (Å²) in [5.41, 5.74) is 13.0. The maximum atomic E-state index is 12.4. The third-order valence-electron chi connectivity index (χ3n) is 19.2. The van der Waals surface area contributed by atoms with Gasteiger partial charge in [0.2, 0.25) is 5.95 Å². The third-order valence-corrected chi connectivity index (χ3v) is 20.2. The zero-order valence-corrected chi connectivity index (χ0v) is 81.4. The van der Waals surface area contributed by atoms with Gasteiger partial charge in [0.25, 0.3) is 0 Å². The van der Waals surface area contributed by atoms with Crippen molar-refractivity contribution in [3.8, 4) is 0 Å². The normalized spacial score (nSPS) is 12.9. The Kier molecular flexibility index (Phi) is 44.8. The maximum Gasteiger partial charge on any atom is 0.213 e. The maximum absolute atomic E-state index is 12.4. The highest BCUT2D eigenvalue weighted by Gasteiger charge is 2.25. The van der Waals surface area contributed by atoms with Crippen molar-refractivity contribution in [2.45, 2.75) is 263 Å². The van der Waals surface area contributed by atoms with Crippen LogP contribution in [0, 0.1) is 12.9 Å². The van der Waals surface area contributed by atoms with Gasteiger partial charge in [-0.05, 0) is 116 Å². The second-order valence-corrected chi connectivity index (χ2v) is 37.9. The van der Waals surface area contributed by atoms with Crippen molar-refractivity contribution in [2.24, 2.45) is 7.05 Å². The summed E-state index contributed by atoms with van der Waals surface area (Å²) in [6.07, 6.45) is 18.0. The lowest BCUT2D eigenvalue weighted by Crippen LogP contribution is -2.38. The van der Waals surface area contributed by atoms with E-state index in [0.29, 0.717) is 35.6 Å². The molecule has 2 aliphatic heterocycles. The SMILES string of the molecule is C=C(c1cc(C(C)(C)C)on1)N(C)C.C=C(c1cc(C(C)(C)C)on1)N1CCOCC1.CC(C)(C)c1cnn(Cc2ccccc2)c1.CC(C)c1cccnc1.CC(C)c1ccnc(F)c1.CC(C)c1cnn(CCN2CCOCC2)c1.CC(C)c1nccs1.CC(C)n1cnc(CN(C)C)n1.CCc1cc(C(C)(C)C)on1.Cc1nn(C)nc1C(C)C. The summed E-state index contributed by atoms with van der Waals surface area (Å²) in [7, 11) is 9.74. The van der Waals surface area contributed by atoms with Crippen LogP contribution in [0.5, 0.6) is 0 Å². The number of halogens is 1. The molecule has 27 heteroatoms. The molecule has 2 saturated heterocycles. The molecule has 123 heavy (non-hydrogen) atoms. The molecule has 0 atom stereocenters. The van der Waals surface area contributed by atoms with Gasteiger partial charge in [0.15, 0.2) is 5.82 Å². The molecule has 10 aromatic heterocycles. The summed E-state index contributed by atoms with van der Waals surface area (Å²) >= 11 is 1.72. The van der Waals surface area contributed by atoms with E-state index in [-0.39, 0.29) is 21.7 Å². The fourth-order valence-electron chi connectivity index (χ4n) is 11.0. The highest BCUT2D eigenvalue weighted by molar-refractivity contribution is 7.09. The number of aryl methyl sites for hydroxylation is 3. The van der Waals surface area contributed by atoms with E-state index in [9.17, 15) is 4.39 Å². The van der Waals surface area contributed by atoms with Gasteiger partial charge in [-0.15, -0.1) is 11.3 Å². The summed E-state index contributed by atoms with van der Waals surface area (Å²) in [5.74, 6) is 5.84. The number of hydrogen-bond acceptors (Lipinski definition) is 22. The van der Waals surface area contributed by atoms with Gasteiger partial charge in [0, 0.05) is 143 Å². The Morgan fingerprint density at radius 3 is 1.53 bits per heavy atom. The molecule has 0 amide bonds. The van der Waals surface area contributed by atoms with Crippen LogP contribution in [0.25, 0.3) is 11.4 Å². The van der Waals surface area contributed by atoms with E-state index in [2.05, 4.69) is 291 Å². The van der Waals surface area contributed by atoms with Crippen molar-refractivity contribution < 1.29 is 27.4 Å². The average molecular weight is 1720 g/mol. The van der Waals surface area contributed by atoms with Crippen molar-refractivity contribution in [1.82, 2.24) is 99.3 Å². The van der Waals surface area contributed by atoms with Crippen LogP contribution in [0.4, 0.5) is 4.39 Å². The number of aromatic nitrogens is 16. The van der Waals surface area contributed by atoms with Gasteiger partial charge in [-0.2, -0.15) is 34.7 Å². The summed E-state index contributed by atoms with van der Waals surface area (Å²) in [6, 6.07) is 24.1. The largest absolute Gasteiger partial charge is 0.379 e. The van der Waals surface area contributed by atoms with E-state index in [0.717, 1.165) is 154 Å². The predicted octanol–water partition coefficient (Wildman–Crippen LogP) is 20.9. The number of ether oxygens (including phenoxy) is 2. The highest BCUT2D eigenvalue weighted by Crippen LogP contribution is 2.29. The Labute approximate surface area is 740 Å². The van der Waals surface area contributed by atoms with Gasteiger partial charge in [-0.3, -0.25) is 23.9 Å². The van der Waals surface area contributed by atoms with Gasteiger partial charge in [-0.1, -0.05) is 224 Å². The molecule has 13 rings (SSSR count). The topological polar surface area (TPSA) is 245 Å². The van der Waals surface area contributed by atoms with Gasteiger partial charge in [-0.25, -0.2) is 15.0 Å². The molecule has 0 spiro atoms. The van der Waals surface area contributed by atoms with Crippen LogP contribution in [0.1, 0.15) is 293 Å². The second kappa shape index (κ2) is 52.2. The Balaban J connectivity index is 0.000000289. The Morgan fingerprint density at radius 2 is 1.12 bits per heavy atom. The number of thiazole rings is 1. The van der Waals surface area contributed by atoms with Gasteiger partial charge in [0.1, 0.15) is 35.0 Å². The first kappa shape index (κ1) is 106. The smallest absolute Gasteiger partial charge is 0.213 e. The van der Waals surface area contributed by atoms with Crippen LogP contribution in [0.15, 0.2) is 161 Å². The highest BCUT2D eigenvalue weighted by atomic mass is 32.1. The van der Waals surface area contributed by atoms with Crippen LogP contribution >= 0.6 is 11.3 Å². The Bertz CT molecular complexity index is 4660. The van der Waals surface area contributed by atoms with E-state index in [1.54, 1.807) is 28.7 Å². The fourth-order valence-corrected chi connectivity index (χ4v) is 11.7. The number of nitrogens with zero attached hydrogens (tertiary/aromatic N) is 20. The third kappa shape index (κ3) is 40.2. The molecule has 0 N–H and O–H groups in total. The molecule has 0 bridgehead atoms. The molecule has 12 heterocycles. The molecule has 0 aliphatic carbocycles. The minimum Gasteiger partial charge on any atom is -0.379 e. The van der Waals surface area contributed by atoms with Crippen LogP contribution in [0.3, 0.4) is 0 Å². The monoisotopic (exact) mass is 1720 g/mol. The quantitative estimate of drug-likeness (QED) is 0.0724. The first-order valence-corrected chi connectivity index (χ1v) is 44.1. The van der Waals surface area contributed by atoms with E-state index in [1.807, 2.05) is 142 Å². The van der Waals surface area contributed by atoms with Gasteiger partial charge in [0.05, 0.1) is 91.9 Å². The molecule has 0 unspecified atom stereocenters. The van der Waals surface area contributed by atoms with Crippen molar-refractivity contribution in [1.29, 1.82) is 0 Å². The molecule has 25 nitrogen and oxygen atoms in total. The van der Waals surface area contributed by atoms with E-state index in [4.69, 9.17) is 23.0 Å². The molecule has 678 valence electrons. The van der Waals surface area contributed by atoms with Crippen LogP contribution in [0.2, 0.25) is 0 Å². The summed E-state index contributed by atoms with van der Waals surface area (Å²) in [6.45, 7) is 73.9. The molecule has 0 saturated carbocycles. The Morgan fingerprint density at radius 1 is 0.553 bits per heavy atom. The van der Waals surface area contributed by atoms with Gasteiger partial charge < -0.3 is 37.7 Å². The number of benzene rings is 1. The fraction of sp³-hybridized carbons (Fsp3) is 0.562. The zero-order chi connectivity index (χ0) is 92.0. The van der Waals surface area contributed by atoms with Crippen molar-refractivity contribution in [2.75, 3.05) is 87.3 Å². The molecule has 11 aromatic rings.